The second-order valence-electron chi connectivity index (χ2n) is 23.1. The standard InChI is InChI=1S/C12H13N.C11H15N3.C10H12N2.2C9H12.3C8H11N.CH4/c1-9(2)10-7-8-13-12-6-4-3-5-11(10)12;1-7(2)9-4-5-12-11-10(9)6-13-8(3)14-11;1-7(2)8-3-5-11-10-9(8)4-6-12-10;2*1-8(2)9-6-4-3-5-7-9;2*1-7(2)8-3-5-9-6-4-8;1-7(2)8-5-3-4-6-9-8;/h3-9H,1-2H3;4-5,7,13H,3,6H2,1-2H3,(H,12,14);3-7H,1-2H3,(H,11,12);2*3-8H,1-2H3;3*3-7H,1-2H3;1H4. The van der Waals surface area contributed by atoms with Gasteiger partial charge in [-0.2, -0.15) is 0 Å². The number of anilines is 1. The molecule has 0 aliphatic carbocycles. The van der Waals surface area contributed by atoms with Crippen LogP contribution in [0.1, 0.15) is 216 Å². The van der Waals surface area contributed by atoms with Crippen molar-refractivity contribution in [2.45, 2.75) is 172 Å². The number of para-hydroxylation sites is 1. The molecule has 9 nitrogen and oxygen atoms in total. The molecule has 0 saturated carbocycles. The van der Waals surface area contributed by atoms with Crippen molar-refractivity contribution in [1.82, 2.24) is 40.2 Å². The van der Waals surface area contributed by atoms with E-state index in [-0.39, 0.29) is 7.43 Å². The van der Waals surface area contributed by atoms with Gasteiger partial charge in [-0.05, 0) is 153 Å². The van der Waals surface area contributed by atoms with Gasteiger partial charge in [-0.3, -0.25) is 19.9 Å². The summed E-state index contributed by atoms with van der Waals surface area (Å²) in [7, 11) is 0. The molecule has 0 saturated heterocycles. The summed E-state index contributed by atoms with van der Waals surface area (Å²) < 4.78 is 0. The van der Waals surface area contributed by atoms with E-state index in [1.807, 2.05) is 116 Å². The van der Waals surface area contributed by atoms with E-state index in [0.29, 0.717) is 47.3 Å². The number of hydrogen-bond acceptors (Lipinski definition) is 8. The molecule has 11 rings (SSSR count). The first-order chi connectivity index (χ1) is 40.3. The number of H-pyrrole nitrogens is 1. The monoisotopic (exact) mass is 1140 g/mol. The summed E-state index contributed by atoms with van der Waals surface area (Å²) in [5.74, 6) is 6.52. The minimum Gasteiger partial charge on any atom is -0.368 e. The third-order valence-electron chi connectivity index (χ3n) is 13.8. The van der Waals surface area contributed by atoms with Crippen LogP contribution in [-0.2, 0) is 6.54 Å². The molecule has 10 aromatic rings. The van der Waals surface area contributed by atoms with Crippen molar-refractivity contribution >= 4 is 27.8 Å². The first-order valence-electron chi connectivity index (χ1n) is 30.0. The molecule has 0 atom stereocenters. The number of aromatic nitrogens is 7. The third-order valence-corrected chi connectivity index (χ3v) is 13.8. The molecular formula is C76H101N9. The molecule has 0 spiro atoms. The van der Waals surface area contributed by atoms with Gasteiger partial charge in [0.1, 0.15) is 11.5 Å². The second kappa shape index (κ2) is 38.5. The SMILES string of the molecule is C.C=C1NCc2c(C(C)C)ccnc2N1.CC(C)c1ccccc1.CC(C)c1ccccc1.CC(C)c1ccccn1.CC(C)c1ccnc2[nH]ccc12.CC(C)c1ccnc2ccccc12.CC(C)c1ccncc1.CC(C)c1ccncc1. The number of hydrogen-bond donors (Lipinski definition) is 3. The zero-order valence-electron chi connectivity index (χ0n) is 53.3. The smallest absolute Gasteiger partial charge is 0.137 e. The summed E-state index contributed by atoms with van der Waals surface area (Å²) in [5, 5.41) is 8.85. The van der Waals surface area contributed by atoms with Gasteiger partial charge in [0, 0.05) is 84.3 Å². The molecule has 7 aromatic heterocycles. The Labute approximate surface area is 512 Å². The van der Waals surface area contributed by atoms with Crippen LogP contribution in [0.3, 0.4) is 0 Å². The Balaban J connectivity index is 0.000000256. The molecule has 85 heavy (non-hydrogen) atoms. The van der Waals surface area contributed by atoms with Crippen LogP contribution in [0.25, 0.3) is 21.9 Å². The molecule has 3 aromatic carbocycles. The van der Waals surface area contributed by atoms with Gasteiger partial charge in [-0.1, -0.05) is 210 Å². The Hall–Kier alpha value is -8.30. The van der Waals surface area contributed by atoms with Gasteiger partial charge < -0.3 is 15.6 Å². The lowest BCUT2D eigenvalue weighted by Crippen LogP contribution is -2.26. The van der Waals surface area contributed by atoms with Crippen molar-refractivity contribution in [2.75, 3.05) is 5.32 Å². The van der Waals surface area contributed by atoms with E-state index >= 15 is 0 Å². The van der Waals surface area contributed by atoms with Gasteiger partial charge in [-0.15, -0.1) is 0 Å². The predicted molar refractivity (Wildman–Crippen MR) is 367 cm³/mol. The van der Waals surface area contributed by atoms with Crippen LogP contribution >= 0.6 is 0 Å². The number of pyridine rings is 6. The van der Waals surface area contributed by atoms with E-state index in [1.165, 1.54) is 55.3 Å². The van der Waals surface area contributed by atoms with E-state index < -0.39 is 0 Å². The van der Waals surface area contributed by atoms with E-state index in [1.54, 1.807) is 0 Å². The van der Waals surface area contributed by atoms with Crippen LogP contribution in [0.15, 0.2) is 220 Å². The van der Waals surface area contributed by atoms with Crippen LogP contribution in [0.2, 0.25) is 0 Å². The fourth-order valence-corrected chi connectivity index (χ4v) is 8.72. The average Bonchev–Trinajstić information content (AvgIpc) is 4.14. The van der Waals surface area contributed by atoms with Crippen molar-refractivity contribution in [2.24, 2.45) is 0 Å². The minimum absolute atomic E-state index is 0. The van der Waals surface area contributed by atoms with Crippen molar-refractivity contribution in [3.8, 4) is 0 Å². The molecule has 0 unspecified atom stereocenters. The number of benzene rings is 3. The maximum absolute atomic E-state index is 4.32. The van der Waals surface area contributed by atoms with Crippen LogP contribution in [0.4, 0.5) is 5.82 Å². The summed E-state index contributed by atoms with van der Waals surface area (Å²) >= 11 is 0. The number of aromatic amines is 1. The molecule has 8 heterocycles. The molecule has 3 N–H and O–H groups in total. The zero-order valence-corrected chi connectivity index (χ0v) is 53.3. The van der Waals surface area contributed by atoms with Crippen molar-refractivity contribution in [1.29, 1.82) is 0 Å². The molecule has 0 radical (unpaired) electrons. The van der Waals surface area contributed by atoms with Crippen molar-refractivity contribution in [3.63, 3.8) is 0 Å². The van der Waals surface area contributed by atoms with Crippen LogP contribution in [0.5, 0.6) is 0 Å². The lowest BCUT2D eigenvalue weighted by molar-refractivity contribution is 0.750. The Bertz CT molecular complexity index is 3080. The van der Waals surface area contributed by atoms with E-state index in [4.69, 9.17) is 0 Å². The number of fused-ring (bicyclic) bond motifs is 3. The molecule has 1 aliphatic heterocycles. The summed E-state index contributed by atoms with van der Waals surface area (Å²) in [6.45, 7) is 39.6. The van der Waals surface area contributed by atoms with Gasteiger partial charge in [-0.25, -0.2) is 9.97 Å². The molecule has 0 fully saturated rings. The second-order valence-corrected chi connectivity index (χ2v) is 23.1. The van der Waals surface area contributed by atoms with Crippen LogP contribution in [0, 0.1) is 0 Å². The quantitative estimate of drug-likeness (QED) is 0.138. The molecule has 0 amide bonds. The molecular weight excluding hydrogens is 1040 g/mol. The predicted octanol–water partition coefficient (Wildman–Crippen LogP) is 21.1. The summed E-state index contributed by atoms with van der Waals surface area (Å²) in [6, 6.07) is 51.9. The number of nitrogens with zero attached hydrogens (tertiary/aromatic N) is 6. The zero-order chi connectivity index (χ0) is 61.4. The fraction of sp³-hybridized carbons (Fsp3) is 0.342. The first kappa shape index (κ1) is 71.0. The van der Waals surface area contributed by atoms with Crippen LogP contribution in [-0.4, -0.2) is 34.9 Å². The molecule has 1 aliphatic rings. The summed E-state index contributed by atoms with van der Waals surface area (Å²) in [6.07, 6.45) is 16.7. The summed E-state index contributed by atoms with van der Waals surface area (Å²) in [4.78, 5) is 28.0. The largest absolute Gasteiger partial charge is 0.368 e. The highest BCUT2D eigenvalue weighted by Crippen LogP contribution is 2.28. The Morgan fingerprint density at radius 2 is 0.800 bits per heavy atom. The Morgan fingerprint density at radius 3 is 1.24 bits per heavy atom. The minimum atomic E-state index is 0. The third kappa shape index (κ3) is 25.2. The topological polar surface area (TPSA) is 117 Å². The lowest BCUT2D eigenvalue weighted by atomic mass is 9.97. The Morgan fingerprint density at radius 1 is 0.365 bits per heavy atom. The van der Waals surface area contributed by atoms with Crippen molar-refractivity contribution < 1.29 is 0 Å². The van der Waals surface area contributed by atoms with Gasteiger partial charge in [0.2, 0.25) is 0 Å². The lowest BCUT2D eigenvalue weighted by Gasteiger charge is -2.24. The van der Waals surface area contributed by atoms with Gasteiger partial charge in [0.25, 0.3) is 0 Å². The highest BCUT2D eigenvalue weighted by molar-refractivity contribution is 5.82. The average molecular weight is 1140 g/mol. The number of rotatable bonds is 8. The molecule has 0 bridgehead atoms. The van der Waals surface area contributed by atoms with Crippen molar-refractivity contribution in [3.05, 3.63) is 270 Å². The molecule has 9 heteroatoms. The van der Waals surface area contributed by atoms with Gasteiger partial charge in [0.05, 0.1) is 11.3 Å². The number of nitrogens with one attached hydrogen (secondary N) is 3. The van der Waals surface area contributed by atoms with E-state index in [9.17, 15) is 0 Å². The summed E-state index contributed by atoms with van der Waals surface area (Å²) in [5.41, 5.74) is 14.1. The maximum Gasteiger partial charge on any atom is 0.137 e. The Kier molecular flexibility index (Phi) is 32.2. The fourth-order valence-electron chi connectivity index (χ4n) is 8.72. The van der Waals surface area contributed by atoms with E-state index in [0.717, 1.165) is 35.0 Å². The van der Waals surface area contributed by atoms with Gasteiger partial charge >= 0.3 is 0 Å². The normalized spacial score (nSPS) is 11.0. The first-order valence-corrected chi connectivity index (χ1v) is 30.0. The van der Waals surface area contributed by atoms with Crippen LogP contribution < -0.4 is 10.6 Å². The van der Waals surface area contributed by atoms with Gasteiger partial charge in [0.15, 0.2) is 0 Å². The molecule has 450 valence electrons. The maximum atomic E-state index is 4.32. The highest BCUT2D eigenvalue weighted by Gasteiger charge is 2.16. The highest BCUT2D eigenvalue weighted by atomic mass is 15.2. The van der Waals surface area contributed by atoms with E-state index in [2.05, 4.69) is 254 Å².